The summed E-state index contributed by atoms with van der Waals surface area (Å²) in [6, 6.07) is 10.3. The highest BCUT2D eigenvalue weighted by Gasteiger charge is 2.03. The molecule has 0 radical (unpaired) electrons. The summed E-state index contributed by atoms with van der Waals surface area (Å²) in [5, 5.41) is 2.46. The molecule has 2 aromatic rings. The highest BCUT2D eigenvalue weighted by molar-refractivity contribution is 9.10. The molecule has 0 aliphatic heterocycles. The van der Waals surface area contributed by atoms with E-state index in [1.807, 2.05) is 12.1 Å². The number of ether oxygens (including phenoxy) is 1. The highest BCUT2D eigenvalue weighted by atomic mass is 79.9. The maximum absolute atomic E-state index is 5.21. The van der Waals surface area contributed by atoms with Crippen molar-refractivity contribution in [3.05, 3.63) is 40.4 Å². The van der Waals surface area contributed by atoms with Gasteiger partial charge in [0.05, 0.1) is 7.11 Å². The van der Waals surface area contributed by atoms with Crippen LogP contribution < -0.4 is 4.74 Å². The minimum Gasteiger partial charge on any atom is -0.497 e. The molecule has 14 heavy (non-hydrogen) atoms. The van der Waals surface area contributed by atoms with Gasteiger partial charge in [0.15, 0.2) is 0 Å². The topological polar surface area (TPSA) is 9.23 Å². The number of benzene rings is 2. The molecule has 0 bridgehead atoms. The summed E-state index contributed by atoms with van der Waals surface area (Å²) in [4.78, 5) is 0. The summed E-state index contributed by atoms with van der Waals surface area (Å²) in [7, 11) is 1.68. The van der Waals surface area contributed by atoms with Crippen LogP contribution >= 0.6 is 15.9 Å². The molecule has 1 nitrogen and oxygen atoms in total. The van der Waals surface area contributed by atoms with Gasteiger partial charge in [-0.1, -0.05) is 34.1 Å². The summed E-state index contributed by atoms with van der Waals surface area (Å²) < 4.78 is 6.30. The first-order chi connectivity index (χ1) is 6.72. The van der Waals surface area contributed by atoms with Crippen LogP contribution in [0.25, 0.3) is 10.8 Å². The lowest BCUT2D eigenvalue weighted by Crippen LogP contribution is -1.85. The molecular weight excluding hydrogens is 240 g/mol. The first-order valence-corrected chi connectivity index (χ1v) is 5.24. The Balaban J connectivity index is 2.83. The zero-order valence-electron chi connectivity index (χ0n) is 8.17. The normalized spacial score (nSPS) is 10.5. The van der Waals surface area contributed by atoms with E-state index in [2.05, 4.69) is 41.1 Å². The maximum Gasteiger partial charge on any atom is 0.120 e. The predicted molar refractivity (Wildman–Crippen MR) is 62.9 cm³/mol. The summed E-state index contributed by atoms with van der Waals surface area (Å²) in [6.45, 7) is 2.11. The van der Waals surface area contributed by atoms with Gasteiger partial charge in [-0.2, -0.15) is 0 Å². The van der Waals surface area contributed by atoms with Crippen LogP contribution in [0.15, 0.2) is 34.8 Å². The van der Waals surface area contributed by atoms with Crippen molar-refractivity contribution in [2.24, 2.45) is 0 Å². The number of halogens is 1. The lowest BCUT2D eigenvalue weighted by Gasteiger charge is -2.07. The predicted octanol–water partition coefficient (Wildman–Crippen LogP) is 3.92. The number of rotatable bonds is 1. The van der Waals surface area contributed by atoms with Crippen molar-refractivity contribution in [1.29, 1.82) is 0 Å². The SMILES string of the molecule is COc1cc(Br)c2c(C)cccc2c1. The third-order valence-corrected chi connectivity index (χ3v) is 2.97. The molecule has 0 saturated heterocycles. The number of aryl methyl sites for hydroxylation is 1. The molecule has 0 aliphatic rings. The van der Waals surface area contributed by atoms with Gasteiger partial charge in [0.2, 0.25) is 0 Å². The van der Waals surface area contributed by atoms with Gasteiger partial charge >= 0.3 is 0 Å². The quantitative estimate of drug-likeness (QED) is 0.746. The fourth-order valence-electron chi connectivity index (χ4n) is 1.65. The lowest BCUT2D eigenvalue weighted by atomic mass is 10.1. The molecular formula is C12H11BrO. The van der Waals surface area contributed by atoms with Crippen molar-refractivity contribution >= 4 is 26.7 Å². The Labute approximate surface area is 91.8 Å². The summed E-state index contributed by atoms with van der Waals surface area (Å²) in [6.07, 6.45) is 0. The van der Waals surface area contributed by atoms with Crippen molar-refractivity contribution in [3.8, 4) is 5.75 Å². The monoisotopic (exact) mass is 250 g/mol. The van der Waals surface area contributed by atoms with Crippen molar-refractivity contribution < 1.29 is 4.74 Å². The van der Waals surface area contributed by atoms with Gasteiger partial charge in [-0.3, -0.25) is 0 Å². The van der Waals surface area contributed by atoms with E-state index in [1.54, 1.807) is 7.11 Å². The molecule has 0 aromatic heterocycles. The van der Waals surface area contributed by atoms with Gasteiger partial charge in [0, 0.05) is 4.47 Å². The Morgan fingerprint density at radius 2 is 2.00 bits per heavy atom. The Bertz CT molecular complexity index is 477. The molecule has 0 unspecified atom stereocenters. The minimum atomic E-state index is 0.884. The molecule has 72 valence electrons. The van der Waals surface area contributed by atoms with Crippen LogP contribution in [-0.4, -0.2) is 7.11 Å². The third kappa shape index (κ3) is 1.50. The number of hydrogen-bond donors (Lipinski definition) is 0. The average Bonchev–Trinajstić information content (AvgIpc) is 2.17. The zero-order chi connectivity index (χ0) is 10.1. The van der Waals surface area contributed by atoms with Crippen molar-refractivity contribution in [3.63, 3.8) is 0 Å². The second-order valence-electron chi connectivity index (χ2n) is 3.28. The lowest BCUT2D eigenvalue weighted by molar-refractivity contribution is 0.415. The van der Waals surface area contributed by atoms with E-state index in [1.165, 1.54) is 16.3 Å². The van der Waals surface area contributed by atoms with Gasteiger partial charge in [0.25, 0.3) is 0 Å². The van der Waals surface area contributed by atoms with Crippen molar-refractivity contribution in [2.45, 2.75) is 6.92 Å². The van der Waals surface area contributed by atoms with Gasteiger partial charge < -0.3 is 4.74 Å². The van der Waals surface area contributed by atoms with E-state index in [-0.39, 0.29) is 0 Å². The second-order valence-corrected chi connectivity index (χ2v) is 4.14. The molecule has 0 aliphatic carbocycles. The first kappa shape index (κ1) is 9.53. The Morgan fingerprint density at radius 3 is 2.71 bits per heavy atom. The first-order valence-electron chi connectivity index (χ1n) is 4.45. The fourth-order valence-corrected chi connectivity index (χ4v) is 2.41. The van der Waals surface area contributed by atoms with Crippen LogP contribution in [0.2, 0.25) is 0 Å². The van der Waals surface area contributed by atoms with E-state index in [0.717, 1.165) is 10.2 Å². The summed E-state index contributed by atoms with van der Waals surface area (Å²) in [5.41, 5.74) is 1.28. The third-order valence-electron chi connectivity index (χ3n) is 2.35. The second kappa shape index (κ2) is 3.62. The van der Waals surface area contributed by atoms with Crippen LogP contribution in [-0.2, 0) is 0 Å². The van der Waals surface area contributed by atoms with Gasteiger partial charge in [-0.05, 0) is 35.4 Å². The zero-order valence-corrected chi connectivity index (χ0v) is 9.76. The molecule has 0 N–H and O–H groups in total. The Hall–Kier alpha value is -1.02. The molecule has 2 heteroatoms. The number of hydrogen-bond acceptors (Lipinski definition) is 1. The Morgan fingerprint density at radius 1 is 1.21 bits per heavy atom. The number of fused-ring (bicyclic) bond motifs is 1. The van der Waals surface area contributed by atoms with Crippen LogP contribution in [0.1, 0.15) is 5.56 Å². The van der Waals surface area contributed by atoms with Crippen LogP contribution in [0.5, 0.6) is 5.75 Å². The molecule has 0 atom stereocenters. The summed E-state index contributed by atoms with van der Waals surface area (Å²) in [5.74, 6) is 0.884. The van der Waals surface area contributed by atoms with Crippen LogP contribution in [0.4, 0.5) is 0 Å². The van der Waals surface area contributed by atoms with E-state index < -0.39 is 0 Å². The van der Waals surface area contributed by atoms with Crippen LogP contribution in [0, 0.1) is 6.92 Å². The van der Waals surface area contributed by atoms with Gasteiger partial charge in [0.1, 0.15) is 5.75 Å². The van der Waals surface area contributed by atoms with Gasteiger partial charge in [-0.15, -0.1) is 0 Å². The van der Waals surface area contributed by atoms with Crippen molar-refractivity contribution in [1.82, 2.24) is 0 Å². The fraction of sp³-hybridized carbons (Fsp3) is 0.167. The van der Waals surface area contributed by atoms with Crippen LogP contribution in [0.3, 0.4) is 0 Å². The van der Waals surface area contributed by atoms with E-state index in [9.17, 15) is 0 Å². The van der Waals surface area contributed by atoms with E-state index in [0.29, 0.717) is 0 Å². The van der Waals surface area contributed by atoms with E-state index >= 15 is 0 Å². The molecule has 2 rings (SSSR count). The molecule has 0 heterocycles. The molecule has 0 amide bonds. The molecule has 0 fully saturated rings. The maximum atomic E-state index is 5.21. The highest BCUT2D eigenvalue weighted by Crippen LogP contribution is 2.31. The molecule has 0 saturated carbocycles. The smallest absolute Gasteiger partial charge is 0.120 e. The average molecular weight is 251 g/mol. The minimum absolute atomic E-state index is 0.884. The number of methoxy groups -OCH3 is 1. The van der Waals surface area contributed by atoms with Gasteiger partial charge in [-0.25, -0.2) is 0 Å². The Kier molecular flexibility index (Phi) is 2.46. The molecule has 2 aromatic carbocycles. The molecule has 0 spiro atoms. The summed E-state index contributed by atoms with van der Waals surface area (Å²) >= 11 is 3.56. The van der Waals surface area contributed by atoms with Crippen molar-refractivity contribution in [2.75, 3.05) is 7.11 Å². The standard InChI is InChI=1S/C12H11BrO/c1-8-4-3-5-9-6-10(14-2)7-11(13)12(8)9/h3-7H,1-2H3. The largest absolute Gasteiger partial charge is 0.497 e. The van der Waals surface area contributed by atoms with E-state index in [4.69, 9.17) is 4.74 Å².